The van der Waals surface area contributed by atoms with Crippen LogP contribution in [-0.4, -0.2) is 31.1 Å². The van der Waals surface area contributed by atoms with E-state index >= 15 is 0 Å². The molecule has 0 spiro atoms. The summed E-state index contributed by atoms with van der Waals surface area (Å²) in [5, 5.41) is 3.27. The maximum absolute atomic E-state index is 12.7. The zero-order chi connectivity index (χ0) is 10.7. The summed E-state index contributed by atoms with van der Waals surface area (Å²) in [6.07, 6.45) is -0.118. The monoisotopic (exact) mass is 209 g/mol. The first kappa shape index (κ1) is 10.5. The minimum atomic E-state index is -0.216. The van der Waals surface area contributed by atoms with Gasteiger partial charge < -0.3 is 11.1 Å². The Labute approximate surface area is 89.1 Å². The Hall–Kier alpha value is -0.970. The van der Waals surface area contributed by atoms with Crippen molar-refractivity contribution >= 4 is 0 Å². The molecule has 0 amide bonds. The maximum atomic E-state index is 12.7. The third-order valence-electron chi connectivity index (χ3n) is 2.76. The summed E-state index contributed by atoms with van der Waals surface area (Å²) in [6.45, 7) is 3.82. The average Bonchev–Trinajstić information content (AvgIpc) is 2.30. The molecule has 1 aromatic rings. The number of nitrogens with one attached hydrogen (secondary N) is 1. The standard InChI is InChI=1S/C11H16FN3/c12-10-3-1-9(2-4-10)11(13)15-7-5-14-6-8-15/h1-4,11,14H,5-8,13H2. The maximum Gasteiger partial charge on any atom is 0.123 e. The van der Waals surface area contributed by atoms with Crippen LogP contribution in [0.25, 0.3) is 0 Å². The van der Waals surface area contributed by atoms with Crippen molar-refractivity contribution in [2.45, 2.75) is 6.17 Å². The molecule has 4 heteroatoms. The van der Waals surface area contributed by atoms with E-state index in [2.05, 4.69) is 10.2 Å². The van der Waals surface area contributed by atoms with Gasteiger partial charge in [-0.2, -0.15) is 0 Å². The van der Waals surface area contributed by atoms with Gasteiger partial charge in [-0.25, -0.2) is 4.39 Å². The molecular weight excluding hydrogens is 193 g/mol. The number of halogens is 1. The lowest BCUT2D eigenvalue weighted by Gasteiger charge is -2.32. The molecule has 15 heavy (non-hydrogen) atoms. The molecule has 0 aromatic heterocycles. The van der Waals surface area contributed by atoms with Crippen LogP contribution in [0.1, 0.15) is 11.7 Å². The number of rotatable bonds is 2. The van der Waals surface area contributed by atoms with Gasteiger partial charge in [-0.1, -0.05) is 12.1 Å². The smallest absolute Gasteiger partial charge is 0.123 e. The molecule has 1 aliphatic rings. The molecule has 1 atom stereocenters. The molecule has 82 valence electrons. The fourth-order valence-electron chi connectivity index (χ4n) is 1.83. The number of piperazine rings is 1. The number of hydrogen-bond donors (Lipinski definition) is 2. The minimum Gasteiger partial charge on any atom is -0.314 e. The van der Waals surface area contributed by atoms with E-state index in [1.807, 2.05) is 0 Å². The molecule has 1 aliphatic heterocycles. The van der Waals surface area contributed by atoms with Gasteiger partial charge in [-0.15, -0.1) is 0 Å². The van der Waals surface area contributed by atoms with Crippen molar-refractivity contribution < 1.29 is 4.39 Å². The van der Waals surface area contributed by atoms with Crippen LogP contribution in [-0.2, 0) is 0 Å². The van der Waals surface area contributed by atoms with Gasteiger partial charge in [0.1, 0.15) is 5.82 Å². The first-order chi connectivity index (χ1) is 7.27. The zero-order valence-electron chi connectivity index (χ0n) is 8.62. The molecule has 0 bridgehead atoms. The Balaban J connectivity index is 2.05. The third-order valence-corrected chi connectivity index (χ3v) is 2.76. The van der Waals surface area contributed by atoms with Gasteiger partial charge in [0.05, 0.1) is 6.17 Å². The van der Waals surface area contributed by atoms with Crippen molar-refractivity contribution in [3.63, 3.8) is 0 Å². The molecule has 1 heterocycles. The van der Waals surface area contributed by atoms with Crippen molar-refractivity contribution in [3.8, 4) is 0 Å². The number of nitrogens with two attached hydrogens (primary N) is 1. The third kappa shape index (κ3) is 2.53. The van der Waals surface area contributed by atoms with Gasteiger partial charge in [-0.3, -0.25) is 4.90 Å². The largest absolute Gasteiger partial charge is 0.314 e. The van der Waals surface area contributed by atoms with Crippen molar-refractivity contribution in [1.82, 2.24) is 10.2 Å². The van der Waals surface area contributed by atoms with Crippen LogP contribution in [0.3, 0.4) is 0 Å². The quantitative estimate of drug-likeness (QED) is 0.753. The molecular formula is C11H16FN3. The predicted molar refractivity (Wildman–Crippen MR) is 57.8 cm³/mol. The lowest BCUT2D eigenvalue weighted by Crippen LogP contribution is -2.47. The Morgan fingerprint density at radius 1 is 1.20 bits per heavy atom. The summed E-state index contributed by atoms with van der Waals surface area (Å²) in [7, 11) is 0. The van der Waals surface area contributed by atoms with Gasteiger partial charge in [0.15, 0.2) is 0 Å². The molecule has 3 N–H and O–H groups in total. The zero-order valence-corrected chi connectivity index (χ0v) is 8.62. The number of benzene rings is 1. The fourth-order valence-corrected chi connectivity index (χ4v) is 1.83. The molecule has 1 fully saturated rings. The van der Waals surface area contributed by atoms with Crippen LogP contribution in [0.5, 0.6) is 0 Å². The molecule has 1 aromatic carbocycles. The van der Waals surface area contributed by atoms with E-state index in [-0.39, 0.29) is 12.0 Å². The summed E-state index contributed by atoms with van der Waals surface area (Å²) in [4.78, 5) is 2.20. The molecule has 3 nitrogen and oxygen atoms in total. The van der Waals surface area contributed by atoms with Gasteiger partial charge in [0.2, 0.25) is 0 Å². The van der Waals surface area contributed by atoms with Crippen molar-refractivity contribution in [2.75, 3.05) is 26.2 Å². The highest BCUT2D eigenvalue weighted by Crippen LogP contribution is 2.15. The molecule has 0 saturated carbocycles. The summed E-state index contributed by atoms with van der Waals surface area (Å²) < 4.78 is 12.7. The molecule has 2 rings (SSSR count). The average molecular weight is 209 g/mol. The Bertz CT molecular complexity index is 306. The summed E-state index contributed by atoms with van der Waals surface area (Å²) in [6, 6.07) is 6.42. The van der Waals surface area contributed by atoms with Crippen LogP contribution in [0.15, 0.2) is 24.3 Å². The van der Waals surface area contributed by atoms with Crippen LogP contribution in [0.2, 0.25) is 0 Å². The van der Waals surface area contributed by atoms with Crippen molar-refractivity contribution in [1.29, 1.82) is 0 Å². The molecule has 1 unspecified atom stereocenters. The van der Waals surface area contributed by atoms with E-state index in [9.17, 15) is 4.39 Å². The van der Waals surface area contributed by atoms with Crippen LogP contribution < -0.4 is 11.1 Å². The Morgan fingerprint density at radius 3 is 2.40 bits per heavy atom. The van der Waals surface area contributed by atoms with Gasteiger partial charge in [0, 0.05) is 26.2 Å². The minimum absolute atomic E-state index is 0.118. The molecule has 1 saturated heterocycles. The van der Waals surface area contributed by atoms with E-state index in [0.717, 1.165) is 31.7 Å². The highest BCUT2D eigenvalue weighted by molar-refractivity contribution is 5.19. The van der Waals surface area contributed by atoms with E-state index in [0.29, 0.717) is 0 Å². The summed E-state index contributed by atoms with van der Waals surface area (Å²) >= 11 is 0. The van der Waals surface area contributed by atoms with E-state index < -0.39 is 0 Å². The van der Waals surface area contributed by atoms with Crippen molar-refractivity contribution in [2.24, 2.45) is 5.73 Å². The normalized spacial score (nSPS) is 20.1. The lowest BCUT2D eigenvalue weighted by atomic mass is 10.1. The second kappa shape index (κ2) is 4.70. The fraction of sp³-hybridized carbons (Fsp3) is 0.455. The molecule has 0 radical (unpaired) electrons. The van der Waals surface area contributed by atoms with E-state index in [1.54, 1.807) is 12.1 Å². The summed E-state index contributed by atoms with van der Waals surface area (Å²) in [5.41, 5.74) is 7.07. The second-order valence-electron chi connectivity index (χ2n) is 3.78. The van der Waals surface area contributed by atoms with Gasteiger partial charge in [0.25, 0.3) is 0 Å². The topological polar surface area (TPSA) is 41.3 Å². The highest BCUT2D eigenvalue weighted by atomic mass is 19.1. The molecule has 0 aliphatic carbocycles. The van der Waals surface area contributed by atoms with Crippen LogP contribution in [0, 0.1) is 5.82 Å². The number of hydrogen-bond acceptors (Lipinski definition) is 3. The number of nitrogens with zero attached hydrogens (tertiary/aromatic N) is 1. The van der Waals surface area contributed by atoms with Crippen LogP contribution >= 0.6 is 0 Å². The highest BCUT2D eigenvalue weighted by Gasteiger charge is 2.17. The van der Waals surface area contributed by atoms with Gasteiger partial charge in [-0.05, 0) is 17.7 Å². The Morgan fingerprint density at radius 2 is 1.80 bits per heavy atom. The van der Waals surface area contributed by atoms with Crippen molar-refractivity contribution in [3.05, 3.63) is 35.6 Å². The van der Waals surface area contributed by atoms with Crippen LogP contribution in [0.4, 0.5) is 4.39 Å². The van der Waals surface area contributed by atoms with Gasteiger partial charge >= 0.3 is 0 Å². The summed E-state index contributed by atoms with van der Waals surface area (Å²) in [5.74, 6) is -0.216. The predicted octanol–water partition coefficient (Wildman–Crippen LogP) is 0.688. The van der Waals surface area contributed by atoms with E-state index in [4.69, 9.17) is 5.73 Å². The second-order valence-corrected chi connectivity index (χ2v) is 3.78. The SMILES string of the molecule is NC(c1ccc(F)cc1)N1CCNCC1. The lowest BCUT2D eigenvalue weighted by molar-refractivity contribution is 0.177. The first-order valence-corrected chi connectivity index (χ1v) is 5.23. The first-order valence-electron chi connectivity index (χ1n) is 5.23. The Kier molecular flexibility index (Phi) is 3.30. The van der Waals surface area contributed by atoms with E-state index in [1.165, 1.54) is 12.1 Å².